The summed E-state index contributed by atoms with van der Waals surface area (Å²) < 4.78 is 27.5. The van der Waals surface area contributed by atoms with Crippen molar-refractivity contribution < 1.29 is 28.2 Å². The van der Waals surface area contributed by atoms with Gasteiger partial charge in [-0.15, -0.1) is 0 Å². The summed E-state index contributed by atoms with van der Waals surface area (Å²) in [5.74, 6) is 1.07. The van der Waals surface area contributed by atoms with Crippen LogP contribution in [0.3, 0.4) is 0 Å². The molecule has 2 aromatic carbocycles. The van der Waals surface area contributed by atoms with Crippen molar-refractivity contribution in [1.82, 2.24) is 0 Å². The Morgan fingerprint density at radius 3 is 2.52 bits per heavy atom. The van der Waals surface area contributed by atoms with Gasteiger partial charge in [-0.1, -0.05) is 0 Å². The second-order valence-corrected chi connectivity index (χ2v) is 7.66. The van der Waals surface area contributed by atoms with Gasteiger partial charge in [0.2, 0.25) is 18.0 Å². The lowest BCUT2D eigenvalue weighted by atomic mass is 9.97. The SMILES string of the molecule is COc1ccc2c(=O)c(OC(=O)C(C)(C)C)c(-c3ccc4c(c3)OCO4)oc2c1. The van der Waals surface area contributed by atoms with Gasteiger partial charge in [-0.3, -0.25) is 9.59 Å². The van der Waals surface area contributed by atoms with Crippen molar-refractivity contribution in [2.45, 2.75) is 20.8 Å². The highest BCUT2D eigenvalue weighted by Crippen LogP contribution is 2.39. The first-order valence-corrected chi connectivity index (χ1v) is 9.05. The fraction of sp³-hybridized carbons (Fsp3) is 0.273. The number of fused-ring (bicyclic) bond motifs is 2. The number of rotatable bonds is 3. The van der Waals surface area contributed by atoms with E-state index in [1.807, 2.05) is 0 Å². The summed E-state index contributed by atoms with van der Waals surface area (Å²) in [6, 6.07) is 9.95. The Morgan fingerprint density at radius 1 is 1.03 bits per heavy atom. The van der Waals surface area contributed by atoms with Gasteiger partial charge in [0.15, 0.2) is 17.3 Å². The lowest BCUT2D eigenvalue weighted by Gasteiger charge is -2.17. The molecule has 0 amide bonds. The normalized spacial score (nSPS) is 12.8. The van der Waals surface area contributed by atoms with Gasteiger partial charge in [0, 0.05) is 11.6 Å². The Bertz CT molecular complexity index is 1170. The minimum atomic E-state index is -0.798. The van der Waals surface area contributed by atoms with E-state index in [9.17, 15) is 9.59 Å². The maximum absolute atomic E-state index is 13.2. The lowest BCUT2D eigenvalue weighted by Crippen LogP contribution is -2.28. The van der Waals surface area contributed by atoms with Gasteiger partial charge in [0.25, 0.3) is 0 Å². The molecule has 0 unspecified atom stereocenters. The zero-order valence-corrected chi connectivity index (χ0v) is 16.5. The van der Waals surface area contributed by atoms with Crippen LogP contribution in [0, 0.1) is 5.41 Å². The second kappa shape index (κ2) is 6.84. The van der Waals surface area contributed by atoms with E-state index in [0.717, 1.165) is 0 Å². The summed E-state index contributed by atoms with van der Waals surface area (Å²) in [5, 5.41) is 0.284. The fourth-order valence-corrected chi connectivity index (χ4v) is 2.85. The molecule has 0 fully saturated rings. The van der Waals surface area contributed by atoms with Crippen LogP contribution < -0.4 is 24.4 Å². The average molecular weight is 396 g/mol. The number of carbonyl (C=O) groups excluding carboxylic acids is 1. The van der Waals surface area contributed by atoms with E-state index in [1.165, 1.54) is 7.11 Å². The number of hydrogen-bond donors (Lipinski definition) is 0. The molecule has 7 heteroatoms. The van der Waals surface area contributed by atoms with E-state index in [4.69, 9.17) is 23.4 Å². The van der Waals surface area contributed by atoms with Crippen LogP contribution in [0.25, 0.3) is 22.3 Å². The summed E-state index contributed by atoms with van der Waals surface area (Å²) in [6.45, 7) is 5.25. The lowest BCUT2D eigenvalue weighted by molar-refractivity contribution is -0.143. The maximum atomic E-state index is 13.2. The van der Waals surface area contributed by atoms with Crippen LogP contribution >= 0.6 is 0 Å². The first kappa shape index (κ1) is 18.9. The largest absolute Gasteiger partial charge is 0.497 e. The molecule has 0 bridgehead atoms. The molecule has 0 atom stereocenters. The predicted octanol–water partition coefficient (Wildman–Crippen LogP) is 4.15. The van der Waals surface area contributed by atoms with E-state index < -0.39 is 16.8 Å². The van der Waals surface area contributed by atoms with E-state index in [1.54, 1.807) is 57.2 Å². The van der Waals surface area contributed by atoms with Crippen LogP contribution in [-0.2, 0) is 4.79 Å². The summed E-state index contributed by atoms with van der Waals surface area (Å²) in [7, 11) is 1.53. The number of ether oxygens (including phenoxy) is 4. The number of carbonyl (C=O) groups is 1. The van der Waals surface area contributed by atoms with Crippen molar-refractivity contribution in [3.05, 3.63) is 46.6 Å². The molecule has 0 saturated heterocycles. The third kappa shape index (κ3) is 3.40. The Hall–Kier alpha value is -3.48. The van der Waals surface area contributed by atoms with E-state index >= 15 is 0 Å². The molecule has 150 valence electrons. The van der Waals surface area contributed by atoms with Gasteiger partial charge in [0.1, 0.15) is 11.3 Å². The van der Waals surface area contributed by atoms with Gasteiger partial charge in [-0.2, -0.15) is 0 Å². The molecule has 4 rings (SSSR count). The summed E-state index contributed by atoms with van der Waals surface area (Å²) in [5.41, 5.74) is -0.405. The number of esters is 1. The second-order valence-electron chi connectivity index (χ2n) is 7.66. The Morgan fingerprint density at radius 2 is 1.79 bits per heavy atom. The Kier molecular flexibility index (Phi) is 4.45. The van der Waals surface area contributed by atoms with E-state index in [0.29, 0.717) is 28.4 Å². The quantitative estimate of drug-likeness (QED) is 0.615. The van der Waals surface area contributed by atoms with Crippen molar-refractivity contribution in [2.75, 3.05) is 13.9 Å². The molecular formula is C22H20O7. The maximum Gasteiger partial charge on any atom is 0.316 e. The standard InChI is InChI=1S/C22H20O7/c1-22(2,3)21(24)29-20-18(23)14-7-6-13(25-4)10-16(14)28-19(20)12-5-8-15-17(9-12)27-11-26-15/h5-10H,11H2,1-4H3. The van der Waals surface area contributed by atoms with Gasteiger partial charge in [0.05, 0.1) is 17.9 Å². The number of methoxy groups -OCH3 is 1. The van der Waals surface area contributed by atoms with Crippen LogP contribution in [0.5, 0.6) is 23.0 Å². The third-order valence-corrected chi connectivity index (χ3v) is 4.50. The number of hydrogen-bond acceptors (Lipinski definition) is 7. The molecule has 0 saturated carbocycles. The van der Waals surface area contributed by atoms with Crippen molar-refractivity contribution in [2.24, 2.45) is 5.41 Å². The van der Waals surface area contributed by atoms with Crippen LogP contribution in [0.2, 0.25) is 0 Å². The van der Waals surface area contributed by atoms with Crippen molar-refractivity contribution >= 4 is 16.9 Å². The number of benzene rings is 2. The molecule has 0 spiro atoms. The van der Waals surface area contributed by atoms with E-state index in [-0.39, 0.29) is 23.7 Å². The molecule has 0 aliphatic carbocycles. The molecule has 7 nitrogen and oxygen atoms in total. The first-order chi connectivity index (χ1) is 13.8. The summed E-state index contributed by atoms with van der Waals surface area (Å²) in [4.78, 5) is 25.7. The third-order valence-electron chi connectivity index (χ3n) is 4.50. The molecule has 0 N–H and O–H groups in total. The average Bonchev–Trinajstić information content (AvgIpc) is 3.16. The van der Waals surface area contributed by atoms with Crippen molar-refractivity contribution in [3.63, 3.8) is 0 Å². The predicted molar refractivity (Wildman–Crippen MR) is 106 cm³/mol. The van der Waals surface area contributed by atoms with Gasteiger partial charge in [-0.25, -0.2) is 0 Å². The highest BCUT2D eigenvalue weighted by molar-refractivity contribution is 5.86. The Labute approximate surface area is 166 Å². The van der Waals surface area contributed by atoms with Crippen LogP contribution in [-0.4, -0.2) is 19.9 Å². The zero-order valence-electron chi connectivity index (χ0n) is 16.5. The van der Waals surface area contributed by atoms with Crippen LogP contribution in [0.4, 0.5) is 0 Å². The van der Waals surface area contributed by atoms with Gasteiger partial charge in [-0.05, 0) is 51.1 Å². The van der Waals surface area contributed by atoms with Crippen LogP contribution in [0.15, 0.2) is 45.6 Å². The summed E-state index contributed by atoms with van der Waals surface area (Å²) in [6.07, 6.45) is 0. The minimum Gasteiger partial charge on any atom is -0.497 e. The zero-order chi connectivity index (χ0) is 20.8. The van der Waals surface area contributed by atoms with Gasteiger partial charge >= 0.3 is 5.97 Å². The topological polar surface area (TPSA) is 84.2 Å². The highest BCUT2D eigenvalue weighted by atomic mass is 16.7. The fourth-order valence-electron chi connectivity index (χ4n) is 2.85. The van der Waals surface area contributed by atoms with Crippen molar-refractivity contribution in [3.8, 4) is 34.3 Å². The molecular weight excluding hydrogens is 376 g/mol. The molecule has 3 aromatic rings. The highest BCUT2D eigenvalue weighted by Gasteiger charge is 2.28. The molecule has 2 heterocycles. The molecule has 1 aromatic heterocycles. The van der Waals surface area contributed by atoms with Crippen LogP contribution in [0.1, 0.15) is 20.8 Å². The van der Waals surface area contributed by atoms with Gasteiger partial charge < -0.3 is 23.4 Å². The molecule has 1 aliphatic rings. The summed E-state index contributed by atoms with van der Waals surface area (Å²) >= 11 is 0. The van der Waals surface area contributed by atoms with Crippen molar-refractivity contribution in [1.29, 1.82) is 0 Å². The molecule has 0 radical (unpaired) electrons. The van der Waals surface area contributed by atoms with E-state index in [2.05, 4.69) is 0 Å². The molecule has 1 aliphatic heterocycles. The molecule has 29 heavy (non-hydrogen) atoms. The smallest absolute Gasteiger partial charge is 0.316 e. The first-order valence-electron chi connectivity index (χ1n) is 9.05. The Balaban J connectivity index is 1.95. The monoisotopic (exact) mass is 396 g/mol. The minimum absolute atomic E-state index is 0.115.